The van der Waals surface area contributed by atoms with Crippen molar-refractivity contribution in [1.29, 1.82) is 0 Å². The van der Waals surface area contributed by atoms with E-state index in [1.165, 1.54) is 48.7 Å². The molecule has 1 aromatic heterocycles. The van der Waals surface area contributed by atoms with Crippen LogP contribution in [0.2, 0.25) is 0 Å². The third kappa shape index (κ3) is 1.77. The van der Waals surface area contributed by atoms with Crippen LogP contribution in [0.3, 0.4) is 0 Å². The normalized spacial score (nSPS) is 19.6. The molecule has 0 unspecified atom stereocenters. The second kappa shape index (κ2) is 4.19. The minimum atomic E-state index is 0.206. The highest BCUT2D eigenvalue weighted by Crippen LogP contribution is 2.39. The Morgan fingerprint density at radius 1 is 1.12 bits per heavy atom. The Morgan fingerprint density at radius 3 is 2.59 bits per heavy atom. The number of fused-ring (bicyclic) bond motifs is 1. The number of hydrogen-bond acceptors (Lipinski definition) is 1. The molecular weight excluding hydrogens is 208 g/mol. The van der Waals surface area contributed by atoms with Crippen LogP contribution in [-0.4, -0.2) is 11.5 Å². The van der Waals surface area contributed by atoms with Crippen molar-refractivity contribution in [1.82, 2.24) is 4.98 Å². The van der Waals surface area contributed by atoms with Crippen LogP contribution < -0.4 is 5.73 Å². The molecule has 0 atom stereocenters. The maximum absolute atomic E-state index is 6.07. The van der Waals surface area contributed by atoms with Crippen LogP contribution >= 0.6 is 0 Å². The van der Waals surface area contributed by atoms with Gasteiger partial charge in [0.1, 0.15) is 0 Å². The molecule has 90 valence electrons. The fourth-order valence-electron chi connectivity index (χ4n) is 3.17. The Hall–Kier alpha value is -1.28. The van der Waals surface area contributed by atoms with E-state index in [1.807, 2.05) is 0 Å². The number of benzene rings is 1. The molecule has 0 radical (unpaired) electrons. The van der Waals surface area contributed by atoms with E-state index in [2.05, 4.69) is 35.3 Å². The van der Waals surface area contributed by atoms with E-state index < -0.39 is 0 Å². The second-order valence-electron chi connectivity index (χ2n) is 5.32. The highest BCUT2D eigenvalue weighted by atomic mass is 14.8. The van der Waals surface area contributed by atoms with E-state index >= 15 is 0 Å². The highest BCUT2D eigenvalue weighted by Gasteiger charge is 2.33. The van der Waals surface area contributed by atoms with Crippen LogP contribution in [-0.2, 0) is 5.41 Å². The quantitative estimate of drug-likeness (QED) is 0.813. The predicted octanol–water partition coefficient (Wildman–Crippen LogP) is 3.33. The maximum atomic E-state index is 6.07. The van der Waals surface area contributed by atoms with E-state index in [1.54, 1.807) is 0 Å². The summed E-state index contributed by atoms with van der Waals surface area (Å²) < 4.78 is 0. The topological polar surface area (TPSA) is 41.8 Å². The zero-order chi connectivity index (χ0) is 11.7. The molecule has 1 saturated carbocycles. The first-order chi connectivity index (χ1) is 8.34. The minimum Gasteiger partial charge on any atom is -0.358 e. The number of nitrogens with one attached hydrogen (secondary N) is 1. The van der Waals surface area contributed by atoms with Crippen LogP contribution in [0, 0.1) is 0 Å². The summed E-state index contributed by atoms with van der Waals surface area (Å²) in [6.07, 6.45) is 6.45. The average Bonchev–Trinajstić information content (AvgIpc) is 2.84. The summed E-state index contributed by atoms with van der Waals surface area (Å²) in [4.78, 5) is 3.58. The minimum absolute atomic E-state index is 0.206. The number of H-pyrrole nitrogens is 1. The summed E-state index contributed by atoms with van der Waals surface area (Å²) in [5, 5.41) is 1.31. The summed E-state index contributed by atoms with van der Waals surface area (Å²) in [6.45, 7) is 0.764. The summed E-state index contributed by atoms with van der Waals surface area (Å²) in [5.41, 5.74) is 8.86. The smallest absolute Gasteiger partial charge is 0.0456 e. The highest BCUT2D eigenvalue weighted by molar-refractivity contribution is 5.80. The molecular formula is C15H20N2. The first-order valence-electron chi connectivity index (χ1n) is 6.62. The van der Waals surface area contributed by atoms with Crippen molar-refractivity contribution >= 4 is 10.9 Å². The van der Waals surface area contributed by atoms with Gasteiger partial charge in [0.15, 0.2) is 0 Å². The zero-order valence-corrected chi connectivity index (χ0v) is 10.2. The van der Waals surface area contributed by atoms with Crippen molar-refractivity contribution in [2.75, 3.05) is 6.54 Å². The molecule has 0 spiro atoms. The van der Waals surface area contributed by atoms with Crippen molar-refractivity contribution in [2.45, 2.75) is 37.5 Å². The molecule has 3 N–H and O–H groups in total. The van der Waals surface area contributed by atoms with Crippen molar-refractivity contribution in [2.24, 2.45) is 5.73 Å². The number of aromatic nitrogens is 1. The lowest BCUT2D eigenvalue weighted by molar-refractivity contribution is 0.295. The fourth-order valence-corrected chi connectivity index (χ4v) is 3.17. The predicted molar refractivity (Wildman–Crippen MR) is 72.1 cm³/mol. The van der Waals surface area contributed by atoms with Gasteiger partial charge in [0.25, 0.3) is 0 Å². The van der Waals surface area contributed by atoms with Crippen molar-refractivity contribution in [3.8, 4) is 0 Å². The lowest BCUT2D eigenvalue weighted by atomic mass is 9.72. The number of nitrogens with two attached hydrogens (primary N) is 1. The zero-order valence-electron chi connectivity index (χ0n) is 10.2. The van der Waals surface area contributed by atoms with Gasteiger partial charge in [-0.25, -0.2) is 0 Å². The molecule has 0 amide bonds. The summed E-state index contributed by atoms with van der Waals surface area (Å²) >= 11 is 0. The van der Waals surface area contributed by atoms with E-state index in [9.17, 15) is 0 Å². The standard InChI is InChI=1S/C15H20N2/c16-11-15(8-4-1-5-9-15)14-10-12-6-2-3-7-13(12)17-14/h2-3,6-7,10,17H,1,4-5,8-9,11,16H2. The van der Waals surface area contributed by atoms with Gasteiger partial charge in [0, 0.05) is 23.2 Å². The Bertz CT molecular complexity index is 473. The monoisotopic (exact) mass is 228 g/mol. The van der Waals surface area contributed by atoms with Crippen molar-refractivity contribution in [3.63, 3.8) is 0 Å². The molecule has 2 nitrogen and oxygen atoms in total. The SMILES string of the molecule is NCC1(c2cc3ccccc3[nH]2)CCCCC1. The van der Waals surface area contributed by atoms with Gasteiger partial charge in [-0.15, -0.1) is 0 Å². The lowest BCUT2D eigenvalue weighted by Gasteiger charge is -2.35. The molecule has 0 bridgehead atoms. The van der Waals surface area contributed by atoms with Crippen molar-refractivity contribution in [3.05, 3.63) is 36.0 Å². The van der Waals surface area contributed by atoms with E-state index in [-0.39, 0.29) is 5.41 Å². The molecule has 0 saturated heterocycles. The van der Waals surface area contributed by atoms with Gasteiger partial charge in [0.05, 0.1) is 0 Å². The second-order valence-corrected chi connectivity index (χ2v) is 5.32. The Morgan fingerprint density at radius 2 is 1.88 bits per heavy atom. The van der Waals surface area contributed by atoms with Gasteiger partial charge < -0.3 is 10.7 Å². The van der Waals surface area contributed by atoms with Gasteiger partial charge in [-0.1, -0.05) is 37.5 Å². The van der Waals surface area contributed by atoms with E-state index in [0.717, 1.165) is 6.54 Å². The number of rotatable bonds is 2. The van der Waals surface area contributed by atoms with Crippen molar-refractivity contribution < 1.29 is 0 Å². The van der Waals surface area contributed by atoms with Gasteiger partial charge in [-0.05, 0) is 30.4 Å². The number of aromatic amines is 1. The molecule has 0 aliphatic heterocycles. The van der Waals surface area contributed by atoms with Gasteiger partial charge >= 0.3 is 0 Å². The molecule has 1 heterocycles. The Balaban J connectivity index is 2.05. The first-order valence-corrected chi connectivity index (χ1v) is 6.62. The van der Waals surface area contributed by atoms with Gasteiger partial charge in [-0.3, -0.25) is 0 Å². The first kappa shape index (κ1) is 10.8. The molecule has 17 heavy (non-hydrogen) atoms. The van der Waals surface area contributed by atoms with Gasteiger partial charge in [0.2, 0.25) is 0 Å². The van der Waals surface area contributed by atoms with Crippen LogP contribution in [0.5, 0.6) is 0 Å². The van der Waals surface area contributed by atoms with E-state index in [4.69, 9.17) is 5.73 Å². The van der Waals surface area contributed by atoms with Crippen LogP contribution in [0.4, 0.5) is 0 Å². The molecule has 1 aliphatic carbocycles. The molecule has 2 aromatic rings. The largest absolute Gasteiger partial charge is 0.358 e. The van der Waals surface area contributed by atoms with Crippen LogP contribution in [0.25, 0.3) is 10.9 Å². The lowest BCUT2D eigenvalue weighted by Crippen LogP contribution is -2.37. The van der Waals surface area contributed by atoms with E-state index in [0.29, 0.717) is 0 Å². The van der Waals surface area contributed by atoms with Crippen LogP contribution in [0.1, 0.15) is 37.8 Å². The number of para-hydroxylation sites is 1. The average molecular weight is 228 g/mol. The molecule has 1 aromatic carbocycles. The third-order valence-corrected chi connectivity index (χ3v) is 4.30. The summed E-state index contributed by atoms with van der Waals surface area (Å²) in [6, 6.07) is 10.8. The molecule has 1 fully saturated rings. The Labute approximate surface area is 102 Å². The maximum Gasteiger partial charge on any atom is 0.0456 e. The fraction of sp³-hybridized carbons (Fsp3) is 0.467. The van der Waals surface area contributed by atoms with Gasteiger partial charge in [-0.2, -0.15) is 0 Å². The Kier molecular flexibility index (Phi) is 2.67. The summed E-state index contributed by atoms with van der Waals surface area (Å²) in [5.74, 6) is 0. The summed E-state index contributed by atoms with van der Waals surface area (Å²) in [7, 11) is 0. The number of hydrogen-bond donors (Lipinski definition) is 2. The molecule has 3 rings (SSSR count). The van der Waals surface area contributed by atoms with Crippen LogP contribution in [0.15, 0.2) is 30.3 Å². The molecule has 2 heteroatoms. The third-order valence-electron chi connectivity index (χ3n) is 4.30. The molecule has 1 aliphatic rings.